The number of esters is 1. The van der Waals surface area contributed by atoms with Gasteiger partial charge in [-0.25, -0.2) is 4.79 Å². The van der Waals surface area contributed by atoms with Crippen LogP contribution in [0.5, 0.6) is 0 Å². The van der Waals surface area contributed by atoms with Crippen LogP contribution in [0.15, 0.2) is 41.6 Å². The molecule has 138 valence electrons. The first-order valence-corrected chi connectivity index (χ1v) is 9.49. The zero-order valence-electron chi connectivity index (χ0n) is 14.6. The van der Waals surface area contributed by atoms with E-state index in [-0.39, 0.29) is 11.6 Å². The maximum Gasteiger partial charge on any atom is 0.374 e. The van der Waals surface area contributed by atoms with Gasteiger partial charge in [-0.05, 0) is 35.8 Å². The van der Waals surface area contributed by atoms with Gasteiger partial charge < -0.3 is 9.84 Å². The summed E-state index contributed by atoms with van der Waals surface area (Å²) < 4.78 is 6.15. The lowest BCUT2D eigenvalue weighted by Crippen LogP contribution is -2.10. The summed E-state index contributed by atoms with van der Waals surface area (Å²) in [6.45, 7) is 0. The van der Waals surface area contributed by atoms with Crippen LogP contribution < -0.4 is 0 Å². The van der Waals surface area contributed by atoms with E-state index in [0.717, 1.165) is 22.5 Å². The molecule has 0 unspecified atom stereocenters. The molecule has 2 aromatic carbocycles. The molecule has 0 radical (unpaired) electrons. The normalized spacial score (nSPS) is 13.7. The Kier molecular flexibility index (Phi) is 4.57. The molecule has 0 amide bonds. The molecule has 27 heavy (non-hydrogen) atoms. The predicted molar refractivity (Wildman–Crippen MR) is 101 cm³/mol. The molecule has 1 saturated carbocycles. The van der Waals surface area contributed by atoms with Crippen molar-refractivity contribution in [3.05, 3.63) is 47.8 Å². The third-order valence-corrected chi connectivity index (χ3v) is 5.47. The van der Waals surface area contributed by atoms with E-state index < -0.39 is 11.9 Å². The number of hydrogen-bond donors (Lipinski definition) is 1. The number of thioether (sulfide) groups is 1. The Bertz CT molecular complexity index is 1040. The maximum atomic E-state index is 11.7. The lowest BCUT2D eigenvalue weighted by atomic mass is 9.99. The minimum Gasteiger partial charge on any atom is -0.475 e. The van der Waals surface area contributed by atoms with Crippen LogP contribution in [0.4, 0.5) is 0 Å². The molecule has 0 aliphatic heterocycles. The number of aromatic nitrogens is 3. The lowest BCUT2D eigenvalue weighted by Gasteiger charge is -2.14. The summed E-state index contributed by atoms with van der Waals surface area (Å²) in [4.78, 5) is 23.2. The van der Waals surface area contributed by atoms with Crippen molar-refractivity contribution >= 4 is 34.5 Å². The first-order chi connectivity index (χ1) is 13.1. The summed E-state index contributed by atoms with van der Waals surface area (Å²) >= 11 is 1.10. The predicted octanol–water partition coefficient (Wildman–Crippen LogP) is 3.26. The average Bonchev–Trinajstić information content (AvgIpc) is 3.44. The van der Waals surface area contributed by atoms with E-state index >= 15 is 0 Å². The number of fused-ring (bicyclic) bond motifs is 1. The van der Waals surface area contributed by atoms with E-state index in [0.29, 0.717) is 16.8 Å². The quantitative estimate of drug-likeness (QED) is 0.516. The molecule has 1 aliphatic rings. The van der Waals surface area contributed by atoms with Crippen LogP contribution in [0.1, 0.15) is 34.9 Å². The second-order valence-electron chi connectivity index (χ2n) is 6.31. The topological polar surface area (TPSA) is 94.3 Å². The number of carboxylic acids is 1. The summed E-state index contributed by atoms with van der Waals surface area (Å²) in [5, 5.41) is 19.7. The van der Waals surface area contributed by atoms with Crippen molar-refractivity contribution in [3.8, 4) is 5.69 Å². The molecule has 0 bridgehead atoms. The first kappa shape index (κ1) is 17.5. The van der Waals surface area contributed by atoms with Crippen LogP contribution >= 0.6 is 11.8 Å². The fourth-order valence-corrected chi connectivity index (χ4v) is 3.93. The smallest absolute Gasteiger partial charge is 0.374 e. The highest BCUT2D eigenvalue weighted by molar-refractivity contribution is 7.99. The van der Waals surface area contributed by atoms with Gasteiger partial charge in [0.05, 0.1) is 18.6 Å². The van der Waals surface area contributed by atoms with Crippen molar-refractivity contribution in [2.24, 2.45) is 0 Å². The van der Waals surface area contributed by atoms with Crippen LogP contribution in [0, 0.1) is 0 Å². The average molecular weight is 383 g/mol. The van der Waals surface area contributed by atoms with E-state index in [1.165, 1.54) is 30.1 Å². The molecule has 0 spiro atoms. The van der Waals surface area contributed by atoms with Crippen molar-refractivity contribution in [1.29, 1.82) is 0 Å². The number of aromatic carboxylic acids is 1. The van der Waals surface area contributed by atoms with Crippen molar-refractivity contribution in [2.45, 2.75) is 23.9 Å². The highest BCUT2D eigenvalue weighted by atomic mass is 32.2. The molecule has 1 N–H and O–H groups in total. The minimum absolute atomic E-state index is 0.0202. The monoisotopic (exact) mass is 383 g/mol. The van der Waals surface area contributed by atoms with Gasteiger partial charge in [0.15, 0.2) is 5.16 Å². The fraction of sp³-hybridized carbons (Fsp3) is 0.263. The van der Waals surface area contributed by atoms with E-state index in [2.05, 4.69) is 27.1 Å². The Balaban J connectivity index is 1.87. The van der Waals surface area contributed by atoms with Gasteiger partial charge in [-0.1, -0.05) is 42.1 Å². The molecule has 7 nitrogen and oxygen atoms in total. The Morgan fingerprint density at radius 1 is 1.19 bits per heavy atom. The molecule has 3 aromatic rings. The van der Waals surface area contributed by atoms with Gasteiger partial charge in [0.2, 0.25) is 5.82 Å². The maximum absolute atomic E-state index is 11.7. The van der Waals surface area contributed by atoms with Gasteiger partial charge in [-0.15, -0.1) is 10.2 Å². The summed E-state index contributed by atoms with van der Waals surface area (Å²) in [7, 11) is 1.31. The van der Waals surface area contributed by atoms with Gasteiger partial charge in [0, 0.05) is 5.39 Å². The molecule has 1 aliphatic carbocycles. The van der Waals surface area contributed by atoms with Crippen molar-refractivity contribution in [3.63, 3.8) is 0 Å². The van der Waals surface area contributed by atoms with Crippen LogP contribution in [-0.2, 0) is 9.53 Å². The standard InChI is InChI=1S/C19H17N3O4S/c1-26-16(23)10-27-19-21-20-17(18(24)25)22(19)15-9-8-12(11-6-7-11)13-4-2-3-5-14(13)15/h2-5,8-9,11H,6-7,10H2,1H3,(H,24,25). The number of benzene rings is 2. The Morgan fingerprint density at radius 2 is 1.93 bits per heavy atom. The fourth-order valence-electron chi connectivity index (χ4n) is 3.15. The highest BCUT2D eigenvalue weighted by Gasteiger charge is 2.27. The third-order valence-electron chi connectivity index (χ3n) is 4.56. The molecular weight excluding hydrogens is 366 g/mol. The molecule has 0 saturated heterocycles. The number of methoxy groups -OCH3 is 1. The number of carbonyl (C=O) groups excluding carboxylic acids is 1. The van der Waals surface area contributed by atoms with E-state index in [9.17, 15) is 14.7 Å². The number of carboxylic acid groups (broad SMARTS) is 1. The first-order valence-electron chi connectivity index (χ1n) is 8.50. The molecule has 1 fully saturated rings. The largest absolute Gasteiger partial charge is 0.475 e. The summed E-state index contributed by atoms with van der Waals surface area (Å²) in [5.74, 6) is -1.20. The van der Waals surface area contributed by atoms with E-state index in [1.54, 1.807) is 0 Å². The van der Waals surface area contributed by atoms with Gasteiger partial charge >= 0.3 is 11.9 Å². The van der Waals surface area contributed by atoms with Crippen LogP contribution in [-0.4, -0.2) is 44.7 Å². The van der Waals surface area contributed by atoms with Crippen molar-refractivity contribution in [1.82, 2.24) is 14.8 Å². The number of hydrogen-bond acceptors (Lipinski definition) is 6. The van der Waals surface area contributed by atoms with Crippen LogP contribution in [0.2, 0.25) is 0 Å². The molecular formula is C19H17N3O4S. The number of nitrogens with zero attached hydrogens (tertiary/aromatic N) is 3. The van der Waals surface area contributed by atoms with Crippen LogP contribution in [0.3, 0.4) is 0 Å². The van der Waals surface area contributed by atoms with Gasteiger partial charge in [-0.2, -0.15) is 0 Å². The SMILES string of the molecule is COC(=O)CSc1nnc(C(=O)O)n1-c1ccc(C2CC2)c2ccccc12. The van der Waals surface area contributed by atoms with Gasteiger partial charge in [-0.3, -0.25) is 9.36 Å². The molecule has 4 rings (SSSR count). The van der Waals surface area contributed by atoms with Crippen LogP contribution in [0.25, 0.3) is 16.5 Å². The summed E-state index contributed by atoms with van der Waals surface area (Å²) in [6, 6.07) is 11.9. The van der Waals surface area contributed by atoms with E-state index in [1.807, 2.05) is 24.3 Å². The summed E-state index contributed by atoms with van der Waals surface area (Å²) in [6.07, 6.45) is 2.35. The lowest BCUT2D eigenvalue weighted by molar-refractivity contribution is -0.137. The summed E-state index contributed by atoms with van der Waals surface area (Å²) in [5.41, 5.74) is 1.97. The Labute approximate surface area is 159 Å². The zero-order valence-corrected chi connectivity index (χ0v) is 15.4. The molecule has 1 heterocycles. The number of carbonyl (C=O) groups is 2. The van der Waals surface area contributed by atoms with E-state index in [4.69, 9.17) is 0 Å². The Hall–Kier alpha value is -2.87. The number of ether oxygens (including phenoxy) is 1. The molecule has 0 atom stereocenters. The highest BCUT2D eigenvalue weighted by Crippen LogP contribution is 2.44. The molecule has 1 aromatic heterocycles. The zero-order chi connectivity index (χ0) is 19.0. The van der Waals surface area contributed by atoms with Crippen molar-refractivity contribution in [2.75, 3.05) is 12.9 Å². The Morgan fingerprint density at radius 3 is 2.59 bits per heavy atom. The minimum atomic E-state index is -1.18. The van der Waals surface area contributed by atoms with Crippen molar-refractivity contribution < 1.29 is 19.4 Å². The van der Waals surface area contributed by atoms with Gasteiger partial charge in [0.1, 0.15) is 0 Å². The second kappa shape index (κ2) is 7.03. The molecule has 8 heteroatoms. The second-order valence-corrected chi connectivity index (χ2v) is 7.25. The third kappa shape index (κ3) is 3.28. The van der Waals surface area contributed by atoms with Gasteiger partial charge in [0.25, 0.3) is 0 Å². The number of rotatable bonds is 6.